The highest BCUT2D eigenvalue weighted by Gasteiger charge is 2.41. The Labute approximate surface area is 171 Å². The van der Waals surface area contributed by atoms with Crippen LogP contribution < -0.4 is 4.90 Å². The Morgan fingerprint density at radius 2 is 2.00 bits per heavy atom. The normalized spacial score (nSPS) is 19.5. The number of nitrogens with zero attached hydrogens (tertiary/aromatic N) is 2. The largest absolute Gasteiger partial charge is 0.308 e. The number of rotatable bonds is 6. The van der Waals surface area contributed by atoms with Crippen molar-refractivity contribution in [3.8, 4) is 0 Å². The molecule has 2 amide bonds. The number of carbonyl (C=O) groups is 2. The summed E-state index contributed by atoms with van der Waals surface area (Å²) in [6, 6.07) is 5.76. The number of thioether (sulfide) groups is 1. The van der Waals surface area contributed by atoms with Crippen LogP contribution in [0.2, 0.25) is 0 Å². The van der Waals surface area contributed by atoms with E-state index in [4.69, 9.17) is 12.2 Å². The van der Waals surface area contributed by atoms with Gasteiger partial charge in [0.25, 0.3) is 11.8 Å². The standard InChI is InChI=1S/C19H19BrN2O2S2/c1-3-5-6-10-21-14-8-7-12(20)11-13(14)15(17(21)23)16-18(24)22(9-4-2)19(25)26-16/h4,7-8,11H,2-3,5-6,9-10H2,1H3/b16-15-. The van der Waals surface area contributed by atoms with Gasteiger partial charge < -0.3 is 4.90 Å². The zero-order valence-electron chi connectivity index (χ0n) is 14.5. The van der Waals surface area contributed by atoms with E-state index < -0.39 is 0 Å². The fraction of sp³-hybridized carbons (Fsp3) is 0.316. The van der Waals surface area contributed by atoms with Crippen molar-refractivity contribution in [1.82, 2.24) is 4.90 Å². The number of benzene rings is 1. The minimum Gasteiger partial charge on any atom is -0.308 e. The number of anilines is 1. The van der Waals surface area contributed by atoms with Crippen LogP contribution in [0.15, 0.2) is 40.2 Å². The van der Waals surface area contributed by atoms with Crippen molar-refractivity contribution in [3.05, 3.63) is 45.8 Å². The predicted molar refractivity (Wildman–Crippen MR) is 115 cm³/mol. The molecule has 0 unspecified atom stereocenters. The molecule has 136 valence electrons. The number of amides is 2. The lowest BCUT2D eigenvalue weighted by atomic mass is 10.1. The third kappa shape index (κ3) is 3.40. The molecule has 0 radical (unpaired) electrons. The van der Waals surface area contributed by atoms with Gasteiger partial charge >= 0.3 is 0 Å². The molecule has 0 bridgehead atoms. The summed E-state index contributed by atoms with van der Waals surface area (Å²) in [5.74, 6) is -0.335. The molecule has 4 nitrogen and oxygen atoms in total. The Kier molecular flexibility index (Phi) is 5.99. The first-order valence-electron chi connectivity index (χ1n) is 8.50. The lowest BCUT2D eigenvalue weighted by molar-refractivity contribution is -0.122. The van der Waals surface area contributed by atoms with E-state index in [-0.39, 0.29) is 11.8 Å². The molecule has 1 aromatic carbocycles. The summed E-state index contributed by atoms with van der Waals surface area (Å²) in [5, 5.41) is 0. The number of thiocarbonyl (C=S) groups is 1. The molecule has 2 heterocycles. The van der Waals surface area contributed by atoms with E-state index in [0.717, 1.165) is 35.0 Å². The smallest absolute Gasteiger partial charge is 0.267 e. The van der Waals surface area contributed by atoms with Crippen molar-refractivity contribution in [2.75, 3.05) is 18.0 Å². The second-order valence-corrected chi connectivity index (χ2v) is 8.66. The van der Waals surface area contributed by atoms with Gasteiger partial charge in [0.1, 0.15) is 4.32 Å². The summed E-state index contributed by atoms with van der Waals surface area (Å²) in [6.45, 7) is 6.80. The van der Waals surface area contributed by atoms with Crippen LogP contribution in [-0.2, 0) is 9.59 Å². The second kappa shape index (κ2) is 8.06. The number of fused-ring (bicyclic) bond motifs is 1. The van der Waals surface area contributed by atoms with Crippen molar-refractivity contribution in [1.29, 1.82) is 0 Å². The lowest BCUT2D eigenvalue weighted by Crippen LogP contribution is -2.30. The van der Waals surface area contributed by atoms with Gasteiger partial charge in [0.2, 0.25) is 0 Å². The molecule has 0 aromatic heterocycles. The van der Waals surface area contributed by atoms with Gasteiger partial charge in [0.05, 0.1) is 16.2 Å². The molecular formula is C19H19BrN2O2S2. The number of hydrogen-bond donors (Lipinski definition) is 0. The summed E-state index contributed by atoms with van der Waals surface area (Å²) in [7, 11) is 0. The molecule has 0 saturated carbocycles. The molecule has 0 spiro atoms. The van der Waals surface area contributed by atoms with Crippen LogP contribution in [0.3, 0.4) is 0 Å². The van der Waals surface area contributed by atoms with Crippen molar-refractivity contribution in [2.24, 2.45) is 0 Å². The number of carbonyl (C=O) groups excluding carboxylic acids is 2. The first-order valence-corrected chi connectivity index (χ1v) is 10.5. The molecule has 0 aliphatic carbocycles. The van der Waals surface area contributed by atoms with E-state index in [1.807, 2.05) is 18.2 Å². The summed E-state index contributed by atoms with van der Waals surface area (Å²) in [4.78, 5) is 29.7. The quantitative estimate of drug-likeness (QED) is 0.271. The van der Waals surface area contributed by atoms with Crippen LogP contribution in [0.5, 0.6) is 0 Å². The molecule has 1 aromatic rings. The third-order valence-electron chi connectivity index (χ3n) is 4.35. The van der Waals surface area contributed by atoms with Gasteiger partial charge in [-0.05, 0) is 24.6 Å². The van der Waals surface area contributed by atoms with Gasteiger partial charge in [0, 0.05) is 23.1 Å². The molecule has 2 aliphatic heterocycles. The van der Waals surface area contributed by atoms with Crippen LogP contribution in [0.1, 0.15) is 31.7 Å². The van der Waals surface area contributed by atoms with Crippen LogP contribution in [0, 0.1) is 0 Å². The van der Waals surface area contributed by atoms with Gasteiger partial charge in [-0.2, -0.15) is 0 Å². The van der Waals surface area contributed by atoms with Crippen molar-refractivity contribution in [2.45, 2.75) is 26.2 Å². The molecular weight excluding hydrogens is 432 g/mol. The predicted octanol–water partition coefficient (Wildman–Crippen LogP) is 4.74. The minimum absolute atomic E-state index is 0.117. The van der Waals surface area contributed by atoms with Gasteiger partial charge in [-0.15, -0.1) is 6.58 Å². The van der Waals surface area contributed by atoms with Crippen LogP contribution in [0.4, 0.5) is 5.69 Å². The number of hydrogen-bond acceptors (Lipinski definition) is 4. The fourth-order valence-electron chi connectivity index (χ4n) is 3.10. The van der Waals surface area contributed by atoms with E-state index in [1.54, 1.807) is 11.0 Å². The van der Waals surface area contributed by atoms with E-state index in [9.17, 15) is 9.59 Å². The van der Waals surface area contributed by atoms with E-state index in [1.165, 1.54) is 16.7 Å². The number of unbranched alkanes of at least 4 members (excludes halogenated alkanes) is 2. The fourth-order valence-corrected chi connectivity index (χ4v) is 4.81. The van der Waals surface area contributed by atoms with E-state index in [2.05, 4.69) is 29.4 Å². The highest BCUT2D eigenvalue weighted by molar-refractivity contribution is 9.10. The maximum absolute atomic E-state index is 13.2. The average Bonchev–Trinajstić information content (AvgIpc) is 3.03. The Hall–Kier alpha value is -1.44. The van der Waals surface area contributed by atoms with Gasteiger partial charge in [0.15, 0.2) is 0 Å². The van der Waals surface area contributed by atoms with Crippen LogP contribution >= 0.6 is 39.9 Å². The first kappa shape index (κ1) is 19.3. The summed E-state index contributed by atoms with van der Waals surface area (Å²) < 4.78 is 1.34. The van der Waals surface area contributed by atoms with Crippen LogP contribution in [0.25, 0.3) is 5.57 Å². The Bertz CT molecular complexity index is 835. The molecule has 7 heteroatoms. The Balaban J connectivity index is 2.06. The third-order valence-corrected chi connectivity index (χ3v) is 6.29. The molecule has 1 fully saturated rings. The van der Waals surface area contributed by atoms with Crippen molar-refractivity contribution < 1.29 is 9.59 Å². The zero-order chi connectivity index (χ0) is 18.8. The summed E-state index contributed by atoms with van der Waals surface area (Å²) in [5.41, 5.74) is 2.11. The summed E-state index contributed by atoms with van der Waals surface area (Å²) >= 11 is 10.00. The maximum Gasteiger partial charge on any atom is 0.267 e. The van der Waals surface area contributed by atoms with Gasteiger partial charge in [-0.25, -0.2) is 0 Å². The second-order valence-electron chi connectivity index (χ2n) is 6.10. The minimum atomic E-state index is -0.218. The summed E-state index contributed by atoms with van der Waals surface area (Å²) in [6.07, 6.45) is 4.72. The van der Waals surface area contributed by atoms with Gasteiger partial charge in [-0.3, -0.25) is 14.5 Å². The monoisotopic (exact) mass is 450 g/mol. The molecule has 2 aliphatic rings. The first-order chi connectivity index (χ1) is 12.5. The SMILES string of the molecule is C=CCN1C(=O)/C(=C2/C(=O)N(CCCCC)c3ccc(Br)cc32)SC1=S. The molecule has 0 atom stereocenters. The number of halogens is 1. The zero-order valence-corrected chi connectivity index (χ0v) is 17.7. The maximum atomic E-state index is 13.2. The van der Waals surface area contributed by atoms with Gasteiger partial charge in [-0.1, -0.05) is 65.8 Å². The van der Waals surface area contributed by atoms with E-state index in [0.29, 0.717) is 27.9 Å². The van der Waals surface area contributed by atoms with Crippen molar-refractivity contribution in [3.63, 3.8) is 0 Å². The topological polar surface area (TPSA) is 40.6 Å². The van der Waals surface area contributed by atoms with Crippen molar-refractivity contribution >= 4 is 67.3 Å². The lowest BCUT2D eigenvalue weighted by Gasteiger charge is -2.16. The Morgan fingerprint density at radius 1 is 1.23 bits per heavy atom. The highest BCUT2D eigenvalue weighted by Crippen LogP contribution is 2.45. The molecule has 0 N–H and O–H groups in total. The molecule has 3 rings (SSSR count). The highest BCUT2D eigenvalue weighted by atomic mass is 79.9. The average molecular weight is 451 g/mol. The molecule has 26 heavy (non-hydrogen) atoms. The Morgan fingerprint density at radius 3 is 2.69 bits per heavy atom. The van der Waals surface area contributed by atoms with Crippen LogP contribution in [-0.4, -0.2) is 34.1 Å². The molecule has 1 saturated heterocycles. The van der Waals surface area contributed by atoms with E-state index >= 15 is 0 Å².